The Morgan fingerprint density at radius 2 is 1.40 bits per heavy atom. The first-order chi connectivity index (χ1) is 7.19. The number of allylic oxidation sites excluding steroid dienone is 2. The number of ether oxygens (including phenoxy) is 2. The number of hydrogen-bond acceptors (Lipinski definition) is 4. The molecule has 15 heavy (non-hydrogen) atoms. The van der Waals surface area contributed by atoms with Crippen molar-refractivity contribution in [2.45, 2.75) is 6.42 Å². The summed E-state index contributed by atoms with van der Waals surface area (Å²) in [5.74, 6) is -1.02. The van der Waals surface area contributed by atoms with Crippen LogP contribution in [0.4, 0.5) is 0 Å². The van der Waals surface area contributed by atoms with E-state index in [0.717, 1.165) is 6.42 Å². The molecule has 4 nitrogen and oxygen atoms in total. The highest BCUT2D eigenvalue weighted by molar-refractivity contribution is 5.84. The Labute approximate surface area is 88.2 Å². The van der Waals surface area contributed by atoms with Gasteiger partial charge in [0, 0.05) is 0 Å². The van der Waals surface area contributed by atoms with E-state index in [1.807, 2.05) is 12.2 Å². The predicted molar refractivity (Wildman–Crippen MR) is 51.7 cm³/mol. The van der Waals surface area contributed by atoms with E-state index in [2.05, 4.69) is 0 Å². The van der Waals surface area contributed by atoms with Gasteiger partial charge in [-0.2, -0.15) is 0 Å². The van der Waals surface area contributed by atoms with Gasteiger partial charge in [0.1, 0.15) is 0 Å². The fraction of sp³-hybridized carbons (Fsp3) is 0.636. The summed E-state index contributed by atoms with van der Waals surface area (Å²) >= 11 is 0. The normalized spacial score (nSPS) is 36.7. The maximum Gasteiger partial charge on any atom is 0.310 e. The Hall–Kier alpha value is -1.32. The molecule has 2 aliphatic rings. The van der Waals surface area contributed by atoms with Crippen LogP contribution in [0.3, 0.4) is 0 Å². The van der Waals surface area contributed by atoms with Gasteiger partial charge >= 0.3 is 11.9 Å². The van der Waals surface area contributed by atoms with Crippen LogP contribution < -0.4 is 0 Å². The zero-order valence-corrected chi connectivity index (χ0v) is 8.80. The van der Waals surface area contributed by atoms with E-state index in [9.17, 15) is 9.59 Å². The maximum absolute atomic E-state index is 11.6. The molecule has 0 spiro atoms. The van der Waals surface area contributed by atoms with Crippen LogP contribution in [0.2, 0.25) is 0 Å². The van der Waals surface area contributed by atoms with E-state index in [4.69, 9.17) is 9.47 Å². The van der Waals surface area contributed by atoms with Gasteiger partial charge < -0.3 is 9.47 Å². The molecule has 2 rings (SSSR count). The number of esters is 2. The first kappa shape index (κ1) is 10.2. The first-order valence-electron chi connectivity index (χ1n) is 5.03. The van der Waals surface area contributed by atoms with Gasteiger partial charge in [0.25, 0.3) is 0 Å². The van der Waals surface area contributed by atoms with Crippen LogP contribution in [0.1, 0.15) is 6.42 Å². The molecule has 2 bridgehead atoms. The Morgan fingerprint density at radius 1 is 1.00 bits per heavy atom. The average Bonchev–Trinajstić information content (AvgIpc) is 2.86. The first-order valence-corrected chi connectivity index (χ1v) is 5.03. The monoisotopic (exact) mass is 210 g/mol. The highest BCUT2D eigenvalue weighted by atomic mass is 16.5. The molecule has 3 unspecified atom stereocenters. The zero-order valence-electron chi connectivity index (χ0n) is 8.80. The molecule has 1 saturated carbocycles. The molecular formula is C11H14O4. The Balaban J connectivity index is 2.24. The second-order valence-electron chi connectivity index (χ2n) is 4.05. The van der Waals surface area contributed by atoms with Gasteiger partial charge in [0.2, 0.25) is 0 Å². The van der Waals surface area contributed by atoms with E-state index >= 15 is 0 Å². The topological polar surface area (TPSA) is 52.6 Å². The SMILES string of the molecule is COC(=O)C1C2C=C[C@@H](C2)C1C(=O)OC. The molecule has 0 saturated heterocycles. The van der Waals surface area contributed by atoms with Crippen molar-refractivity contribution in [3.63, 3.8) is 0 Å². The summed E-state index contributed by atoms with van der Waals surface area (Å²) < 4.78 is 9.46. The smallest absolute Gasteiger partial charge is 0.310 e. The van der Waals surface area contributed by atoms with Gasteiger partial charge in [0.15, 0.2) is 0 Å². The largest absolute Gasteiger partial charge is 0.469 e. The summed E-state index contributed by atoms with van der Waals surface area (Å²) in [5.41, 5.74) is 0. The molecule has 0 radical (unpaired) electrons. The van der Waals surface area contributed by atoms with Gasteiger partial charge in [-0.15, -0.1) is 0 Å². The lowest BCUT2D eigenvalue weighted by Crippen LogP contribution is -2.34. The molecule has 0 aliphatic heterocycles. The van der Waals surface area contributed by atoms with Crippen molar-refractivity contribution in [2.75, 3.05) is 14.2 Å². The number of methoxy groups -OCH3 is 2. The molecule has 4 heteroatoms. The van der Waals surface area contributed by atoms with Crippen molar-refractivity contribution < 1.29 is 19.1 Å². The minimum Gasteiger partial charge on any atom is -0.469 e. The fourth-order valence-electron chi connectivity index (χ4n) is 2.74. The molecule has 0 heterocycles. The molecule has 2 aliphatic carbocycles. The number of hydrogen-bond donors (Lipinski definition) is 0. The molecule has 0 aromatic rings. The minimum absolute atomic E-state index is 0.145. The van der Waals surface area contributed by atoms with Gasteiger partial charge in [-0.3, -0.25) is 9.59 Å². The van der Waals surface area contributed by atoms with E-state index in [1.54, 1.807) is 0 Å². The van der Waals surface area contributed by atoms with Crippen LogP contribution >= 0.6 is 0 Å². The van der Waals surface area contributed by atoms with Gasteiger partial charge in [-0.1, -0.05) is 12.2 Å². The molecule has 4 atom stereocenters. The van der Waals surface area contributed by atoms with Gasteiger partial charge in [0.05, 0.1) is 26.1 Å². The third kappa shape index (κ3) is 1.44. The highest BCUT2D eigenvalue weighted by Crippen LogP contribution is 2.48. The van der Waals surface area contributed by atoms with Crippen LogP contribution in [0.15, 0.2) is 12.2 Å². The van der Waals surface area contributed by atoms with Crippen molar-refractivity contribution in [1.82, 2.24) is 0 Å². The average molecular weight is 210 g/mol. The summed E-state index contributed by atoms with van der Waals surface area (Å²) in [5, 5.41) is 0. The molecule has 0 aromatic carbocycles. The molecule has 0 aromatic heterocycles. The van der Waals surface area contributed by atoms with Gasteiger partial charge in [-0.25, -0.2) is 0 Å². The Morgan fingerprint density at radius 3 is 1.73 bits per heavy atom. The van der Waals surface area contributed by atoms with Crippen LogP contribution in [0, 0.1) is 23.7 Å². The van der Waals surface area contributed by atoms with Crippen LogP contribution in [-0.2, 0) is 19.1 Å². The third-order valence-corrected chi connectivity index (χ3v) is 3.41. The van der Waals surface area contributed by atoms with Crippen molar-refractivity contribution in [3.8, 4) is 0 Å². The van der Waals surface area contributed by atoms with Crippen LogP contribution in [0.25, 0.3) is 0 Å². The number of carbonyl (C=O) groups is 2. The zero-order chi connectivity index (χ0) is 11.0. The molecular weight excluding hydrogens is 196 g/mol. The number of fused-ring (bicyclic) bond motifs is 2. The summed E-state index contributed by atoms with van der Waals surface area (Å²) in [4.78, 5) is 23.1. The van der Waals surface area contributed by atoms with Crippen molar-refractivity contribution in [3.05, 3.63) is 12.2 Å². The lowest BCUT2D eigenvalue weighted by molar-refractivity contribution is -0.158. The maximum atomic E-state index is 11.6. The Bertz CT molecular complexity index is 291. The quantitative estimate of drug-likeness (QED) is 0.499. The summed E-state index contributed by atoms with van der Waals surface area (Å²) in [7, 11) is 2.71. The number of carbonyl (C=O) groups excluding carboxylic acids is 2. The molecule has 82 valence electrons. The third-order valence-electron chi connectivity index (χ3n) is 3.41. The molecule has 0 N–H and O–H groups in total. The summed E-state index contributed by atoms with van der Waals surface area (Å²) in [6.07, 6.45) is 4.87. The van der Waals surface area contributed by atoms with Crippen molar-refractivity contribution in [2.24, 2.45) is 23.7 Å². The Kier molecular flexibility index (Phi) is 2.50. The van der Waals surface area contributed by atoms with Crippen LogP contribution in [-0.4, -0.2) is 26.2 Å². The molecule has 1 fully saturated rings. The lowest BCUT2D eigenvalue weighted by atomic mass is 9.83. The summed E-state index contributed by atoms with van der Waals surface area (Å²) in [6, 6.07) is 0. The van der Waals surface area contributed by atoms with Gasteiger partial charge in [-0.05, 0) is 18.3 Å². The van der Waals surface area contributed by atoms with E-state index in [0.29, 0.717) is 0 Å². The second kappa shape index (κ2) is 3.68. The lowest BCUT2D eigenvalue weighted by Gasteiger charge is -2.23. The standard InChI is InChI=1S/C11H14O4/c1-14-10(12)8-6-3-4-7(5-6)9(8)11(13)15-2/h3-4,6-9H,5H2,1-2H3/t6-,7?,8?,9?/m0/s1. The molecule has 0 amide bonds. The number of rotatable bonds is 2. The second-order valence-corrected chi connectivity index (χ2v) is 4.05. The van der Waals surface area contributed by atoms with Crippen molar-refractivity contribution in [1.29, 1.82) is 0 Å². The minimum atomic E-state index is -0.350. The van der Waals surface area contributed by atoms with E-state index in [-0.39, 0.29) is 35.6 Å². The highest BCUT2D eigenvalue weighted by Gasteiger charge is 2.52. The van der Waals surface area contributed by atoms with E-state index in [1.165, 1.54) is 14.2 Å². The summed E-state index contributed by atoms with van der Waals surface area (Å²) in [6.45, 7) is 0. The van der Waals surface area contributed by atoms with Crippen LogP contribution in [0.5, 0.6) is 0 Å². The predicted octanol–water partition coefficient (Wildman–Crippen LogP) is 0.771. The van der Waals surface area contributed by atoms with Crippen molar-refractivity contribution >= 4 is 11.9 Å². The van der Waals surface area contributed by atoms with E-state index < -0.39 is 0 Å². The fourth-order valence-corrected chi connectivity index (χ4v) is 2.74.